The van der Waals surface area contributed by atoms with E-state index in [0.717, 1.165) is 41.8 Å². The van der Waals surface area contributed by atoms with E-state index in [9.17, 15) is 10.1 Å². The van der Waals surface area contributed by atoms with E-state index in [1.807, 2.05) is 39.2 Å². The molecule has 1 aliphatic rings. The number of rotatable bonds is 13. The molecule has 1 aliphatic carbocycles. The number of hydrazine groups is 1. The number of nitro groups is 1. The van der Waals surface area contributed by atoms with Gasteiger partial charge in [-0.25, -0.2) is 15.4 Å². The van der Waals surface area contributed by atoms with Gasteiger partial charge in [-0.15, -0.1) is 0 Å². The lowest BCUT2D eigenvalue weighted by Crippen LogP contribution is -2.30. The molecule has 0 unspecified atom stereocenters. The normalized spacial score (nSPS) is 16.7. The lowest BCUT2D eigenvalue weighted by molar-refractivity contribution is -0.420. The smallest absolute Gasteiger partial charge is 0.271 e. The van der Waals surface area contributed by atoms with E-state index in [1.54, 1.807) is 19.1 Å². The van der Waals surface area contributed by atoms with Crippen molar-refractivity contribution >= 4 is 5.95 Å². The number of anilines is 1. The zero-order chi connectivity index (χ0) is 25.6. The van der Waals surface area contributed by atoms with Crippen molar-refractivity contribution in [2.24, 2.45) is 0 Å². The van der Waals surface area contributed by atoms with Crippen LogP contribution >= 0.6 is 0 Å². The molecule has 0 amide bonds. The van der Waals surface area contributed by atoms with Crippen molar-refractivity contribution in [2.45, 2.75) is 85.0 Å². The molecule has 0 spiro atoms. The summed E-state index contributed by atoms with van der Waals surface area (Å²) in [6.07, 6.45) is 15.9. The van der Waals surface area contributed by atoms with Gasteiger partial charge in [0.05, 0.1) is 10.6 Å². The van der Waals surface area contributed by atoms with Gasteiger partial charge in [-0.2, -0.15) is 0 Å². The lowest BCUT2D eigenvalue weighted by Gasteiger charge is -2.21. The molecule has 35 heavy (non-hydrogen) atoms. The zero-order valence-electron chi connectivity index (χ0n) is 22.0. The molecule has 1 aromatic heterocycles. The molecule has 0 atom stereocenters. The average Bonchev–Trinajstić information content (AvgIpc) is 2.86. The highest BCUT2D eigenvalue weighted by atomic mass is 16.6. The number of hydrogen-bond acceptors (Lipinski definition) is 7. The van der Waals surface area contributed by atoms with Crippen molar-refractivity contribution in [3.8, 4) is 0 Å². The number of nitrogens with zero attached hydrogens (tertiary/aromatic N) is 3. The molecule has 1 heterocycles. The Labute approximate surface area is 210 Å². The van der Waals surface area contributed by atoms with Crippen LogP contribution in [0.2, 0.25) is 0 Å². The molecule has 1 saturated carbocycles. The van der Waals surface area contributed by atoms with Gasteiger partial charge in [-0.05, 0) is 56.7 Å². The molecule has 0 aliphatic heterocycles. The van der Waals surface area contributed by atoms with Gasteiger partial charge in [0.1, 0.15) is 0 Å². The summed E-state index contributed by atoms with van der Waals surface area (Å²) in [4.78, 5) is 20.5. The maximum absolute atomic E-state index is 11.6. The van der Waals surface area contributed by atoms with Crippen molar-refractivity contribution < 1.29 is 4.92 Å². The summed E-state index contributed by atoms with van der Waals surface area (Å²) in [5.41, 5.74) is 11.1. The molecule has 0 radical (unpaired) electrons. The van der Waals surface area contributed by atoms with E-state index in [1.165, 1.54) is 32.1 Å². The van der Waals surface area contributed by atoms with Crippen LogP contribution < -0.4 is 16.2 Å². The fraction of sp³-hybridized carbons (Fsp3) is 0.556. The van der Waals surface area contributed by atoms with Gasteiger partial charge in [-0.1, -0.05) is 51.7 Å². The second-order valence-corrected chi connectivity index (χ2v) is 9.05. The van der Waals surface area contributed by atoms with Crippen LogP contribution in [0.1, 0.15) is 90.7 Å². The summed E-state index contributed by atoms with van der Waals surface area (Å²) in [5, 5.41) is 15.0. The Morgan fingerprint density at radius 3 is 2.54 bits per heavy atom. The minimum atomic E-state index is -0.328. The van der Waals surface area contributed by atoms with E-state index >= 15 is 0 Å². The summed E-state index contributed by atoms with van der Waals surface area (Å²) in [5.74, 6) is 1.17. The predicted octanol–water partition coefficient (Wildman–Crippen LogP) is 6.18. The van der Waals surface area contributed by atoms with Gasteiger partial charge in [0, 0.05) is 43.1 Å². The molecule has 192 valence electrons. The van der Waals surface area contributed by atoms with Crippen LogP contribution in [-0.4, -0.2) is 28.5 Å². The number of nitrogens with one attached hydrogen (secondary N) is 3. The number of hydrogen-bond donors (Lipinski definition) is 3. The maximum Gasteiger partial charge on any atom is 0.271 e. The summed E-state index contributed by atoms with van der Waals surface area (Å²) >= 11 is 0. The van der Waals surface area contributed by atoms with E-state index in [4.69, 9.17) is 4.98 Å². The van der Waals surface area contributed by atoms with Crippen molar-refractivity contribution in [2.75, 3.05) is 18.9 Å². The van der Waals surface area contributed by atoms with Gasteiger partial charge < -0.3 is 10.7 Å². The number of aromatic nitrogens is 2. The third-order valence-corrected chi connectivity index (χ3v) is 6.31. The third-order valence-electron chi connectivity index (χ3n) is 6.31. The highest BCUT2D eigenvalue weighted by molar-refractivity contribution is 5.40. The Morgan fingerprint density at radius 1 is 1.17 bits per heavy atom. The molecule has 2 rings (SSSR count). The first-order valence-electron chi connectivity index (χ1n) is 12.8. The molecule has 1 fully saturated rings. The predicted molar refractivity (Wildman–Crippen MR) is 143 cm³/mol. The van der Waals surface area contributed by atoms with Crippen LogP contribution in [0.5, 0.6) is 0 Å². The van der Waals surface area contributed by atoms with Crippen molar-refractivity contribution in [1.29, 1.82) is 0 Å². The number of allylic oxidation sites excluding steroid dienone is 5. The Bertz CT molecular complexity index is 958. The first-order valence-corrected chi connectivity index (χ1v) is 12.8. The second-order valence-electron chi connectivity index (χ2n) is 9.05. The average molecular weight is 483 g/mol. The molecule has 3 N–H and O–H groups in total. The minimum absolute atomic E-state index is 0.109. The van der Waals surface area contributed by atoms with E-state index < -0.39 is 0 Å². The summed E-state index contributed by atoms with van der Waals surface area (Å²) in [7, 11) is 1.81. The Kier molecular flexibility index (Phi) is 12.2. The maximum atomic E-state index is 11.6. The highest BCUT2D eigenvalue weighted by Gasteiger charge is 2.18. The fourth-order valence-electron chi connectivity index (χ4n) is 4.50. The molecular formula is C27H42N6O2. The van der Waals surface area contributed by atoms with Gasteiger partial charge in [-0.3, -0.25) is 10.1 Å². The summed E-state index contributed by atoms with van der Waals surface area (Å²) < 4.78 is 0. The zero-order valence-corrected chi connectivity index (χ0v) is 22.0. The Morgan fingerprint density at radius 2 is 1.91 bits per heavy atom. The fourth-order valence-corrected chi connectivity index (χ4v) is 4.50. The summed E-state index contributed by atoms with van der Waals surface area (Å²) in [6, 6.07) is 2.04. The van der Waals surface area contributed by atoms with Crippen LogP contribution in [0.3, 0.4) is 0 Å². The van der Waals surface area contributed by atoms with E-state index in [-0.39, 0.29) is 10.6 Å². The van der Waals surface area contributed by atoms with Crippen LogP contribution in [0, 0.1) is 10.1 Å². The SMILES string of the molecule is CC/C=C(C)/C(=C\C=C(C)\C(NNC)=C(\CCC)CNc1nccc(C2CCCCC2)n1)[N+](=O)[O-]. The lowest BCUT2D eigenvalue weighted by atomic mass is 9.87. The standard InChI is InChI=1S/C27H42N6O2/c1-6-11-20(3)25(33(34)35)16-15-21(4)26(32-28-5)23(12-7-2)19-30-27-29-18-17-24(31-27)22-13-9-8-10-14-22/h11,15-18,22,28,32H,6-10,12-14,19H2,1-5H3,(H,29,30,31)/b20-11+,21-15+,25-16+,26-23+. The first-order chi connectivity index (χ1) is 16.9. The molecule has 0 saturated heterocycles. The van der Waals surface area contributed by atoms with Gasteiger partial charge in [0.15, 0.2) is 0 Å². The minimum Gasteiger partial charge on any atom is -0.350 e. The van der Waals surface area contributed by atoms with Crippen molar-refractivity contribution in [3.63, 3.8) is 0 Å². The highest BCUT2D eigenvalue weighted by Crippen LogP contribution is 2.31. The molecule has 8 nitrogen and oxygen atoms in total. The van der Waals surface area contributed by atoms with E-state index in [0.29, 0.717) is 24.0 Å². The van der Waals surface area contributed by atoms with Gasteiger partial charge >= 0.3 is 0 Å². The molecule has 0 aromatic carbocycles. The van der Waals surface area contributed by atoms with Crippen molar-refractivity contribution in [1.82, 2.24) is 20.8 Å². The van der Waals surface area contributed by atoms with Crippen LogP contribution in [0.15, 0.2) is 58.6 Å². The third kappa shape index (κ3) is 8.94. The Hall–Kier alpha value is -3.00. The quantitative estimate of drug-likeness (QED) is 0.175. The van der Waals surface area contributed by atoms with Gasteiger partial charge in [0.25, 0.3) is 5.70 Å². The molecule has 1 aromatic rings. The second kappa shape index (κ2) is 15.1. The van der Waals surface area contributed by atoms with Crippen LogP contribution in [0.25, 0.3) is 0 Å². The van der Waals surface area contributed by atoms with Crippen LogP contribution in [0.4, 0.5) is 5.95 Å². The first kappa shape index (κ1) is 28.2. The summed E-state index contributed by atoms with van der Waals surface area (Å²) in [6.45, 7) is 8.43. The Balaban J connectivity index is 2.30. The van der Waals surface area contributed by atoms with Crippen molar-refractivity contribution in [3.05, 3.63) is 74.4 Å². The van der Waals surface area contributed by atoms with Gasteiger partial charge in [0.2, 0.25) is 5.95 Å². The molecule has 8 heteroatoms. The largest absolute Gasteiger partial charge is 0.350 e. The topological polar surface area (TPSA) is 105 Å². The van der Waals surface area contributed by atoms with E-state index in [2.05, 4.69) is 28.1 Å². The molecular weight excluding hydrogens is 440 g/mol. The monoisotopic (exact) mass is 482 g/mol. The van der Waals surface area contributed by atoms with Crippen LogP contribution in [-0.2, 0) is 0 Å². The molecule has 0 bridgehead atoms.